The van der Waals surface area contributed by atoms with E-state index in [9.17, 15) is 0 Å². The number of hydrogen-bond acceptors (Lipinski definition) is 11. The van der Waals surface area contributed by atoms with Crippen molar-refractivity contribution in [2.24, 2.45) is 5.10 Å². The van der Waals surface area contributed by atoms with Crippen LogP contribution in [-0.2, 0) is 9.47 Å². The largest absolute Gasteiger partial charge is 0.454 e. The van der Waals surface area contributed by atoms with Gasteiger partial charge in [0.1, 0.15) is 0 Å². The van der Waals surface area contributed by atoms with E-state index in [-0.39, 0.29) is 6.79 Å². The maximum absolute atomic E-state index is 5.45. The molecule has 4 heterocycles. The van der Waals surface area contributed by atoms with Gasteiger partial charge in [-0.25, -0.2) is 5.43 Å². The molecule has 1 aromatic carbocycles. The second-order valence-corrected chi connectivity index (χ2v) is 6.94. The van der Waals surface area contributed by atoms with Crippen LogP contribution in [0.4, 0.5) is 17.8 Å². The van der Waals surface area contributed by atoms with Gasteiger partial charge in [0.25, 0.3) is 0 Å². The third-order valence-electron chi connectivity index (χ3n) is 4.97. The third kappa shape index (κ3) is 4.21. The first kappa shape index (κ1) is 18.8. The van der Waals surface area contributed by atoms with Gasteiger partial charge >= 0.3 is 0 Å². The normalized spacial score (nSPS) is 18.8. The Morgan fingerprint density at radius 1 is 0.833 bits per heavy atom. The van der Waals surface area contributed by atoms with Crippen LogP contribution in [0.15, 0.2) is 23.3 Å². The number of morpholine rings is 2. The lowest BCUT2D eigenvalue weighted by atomic mass is 10.2. The molecule has 0 radical (unpaired) electrons. The van der Waals surface area contributed by atoms with Gasteiger partial charge in [-0.2, -0.15) is 20.1 Å². The molecule has 5 rings (SSSR count). The van der Waals surface area contributed by atoms with Crippen molar-refractivity contribution in [3.63, 3.8) is 0 Å². The topological polar surface area (TPSA) is 106 Å². The fourth-order valence-electron chi connectivity index (χ4n) is 3.37. The van der Waals surface area contributed by atoms with Crippen LogP contribution in [0.25, 0.3) is 0 Å². The maximum atomic E-state index is 5.45. The van der Waals surface area contributed by atoms with Crippen molar-refractivity contribution in [1.82, 2.24) is 15.0 Å². The first-order valence-electron chi connectivity index (χ1n) is 9.95. The molecule has 30 heavy (non-hydrogen) atoms. The van der Waals surface area contributed by atoms with Crippen LogP contribution < -0.4 is 24.7 Å². The van der Waals surface area contributed by atoms with E-state index < -0.39 is 0 Å². The van der Waals surface area contributed by atoms with E-state index in [1.54, 1.807) is 6.21 Å². The average molecular weight is 413 g/mol. The Morgan fingerprint density at radius 3 is 2.13 bits per heavy atom. The Bertz CT molecular complexity index is 878. The Hall–Kier alpha value is -3.18. The molecule has 2 fully saturated rings. The lowest BCUT2D eigenvalue weighted by Crippen LogP contribution is -2.40. The van der Waals surface area contributed by atoms with Crippen molar-refractivity contribution in [2.45, 2.75) is 0 Å². The molecule has 11 heteroatoms. The predicted octanol–water partition coefficient (Wildman–Crippen LogP) is 0.719. The molecule has 0 amide bonds. The standard InChI is InChI=1S/C19H23N7O4/c1-2-15-16(30-13-29-15)11-14(1)12-20-24-17-21-18(25-3-7-27-8-4-25)23-19(22-17)26-5-9-28-10-6-26/h1-2,11-12H,3-10,13H2,(H,21,22,23,24)/b20-12-. The highest BCUT2D eigenvalue weighted by atomic mass is 16.7. The summed E-state index contributed by atoms with van der Waals surface area (Å²) >= 11 is 0. The van der Waals surface area contributed by atoms with Gasteiger partial charge in [-0.1, -0.05) is 0 Å². The summed E-state index contributed by atoms with van der Waals surface area (Å²) in [6, 6.07) is 5.64. The number of hydrogen-bond donors (Lipinski definition) is 1. The molecule has 0 unspecified atom stereocenters. The third-order valence-corrected chi connectivity index (χ3v) is 4.97. The van der Waals surface area contributed by atoms with Crippen LogP contribution in [0.3, 0.4) is 0 Å². The number of rotatable bonds is 5. The molecule has 11 nitrogen and oxygen atoms in total. The summed E-state index contributed by atoms with van der Waals surface area (Å²) < 4.78 is 21.6. The Labute approximate surface area is 173 Å². The molecule has 2 aromatic rings. The fourth-order valence-corrected chi connectivity index (χ4v) is 3.37. The van der Waals surface area contributed by atoms with E-state index in [2.05, 4.69) is 35.3 Å². The van der Waals surface area contributed by atoms with E-state index in [0.717, 1.165) is 37.5 Å². The average Bonchev–Trinajstić information content (AvgIpc) is 3.28. The maximum Gasteiger partial charge on any atom is 0.250 e. The SMILES string of the molecule is C(=N/Nc1nc(N2CCOCC2)nc(N2CCOCC2)n1)/c1ccc2c(c1)OCO2. The van der Waals surface area contributed by atoms with E-state index >= 15 is 0 Å². The van der Waals surface area contributed by atoms with Crippen molar-refractivity contribution in [2.75, 3.05) is 74.6 Å². The molecule has 1 aromatic heterocycles. The number of aromatic nitrogens is 3. The number of benzene rings is 1. The van der Waals surface area contributed by atoms with E-state index in [4.69, 9.17) is 18.9 Å². The second-order valence-electron chi connectivity index (χ2n) is 6.94. The quantitative estimate of drug-likeness (QED) is 0.557. The number of nitrogens with zero attached hydrogens (tertiary/aromatic N) is 6. The molecule has 0 aliphatic carbocycles. The molecule has 3 aliphatic rings. The molecule has 2 saturated heterocycles. The van der Waals surface area contributed by atoms with Crippen LogP contribution >= 0.6 is 0 Å². The van der Waals surface area contributed by atoms with Crippen LogP contribution in [-0.4, -0.2) is 80.6 Å². The lowest BCUT2D eigenvalue weighted by molar-refractivity contribution is 0.121. The summed E-state index contributed by atoms with van der Waals surface area (Å²) in [6.45, 7) is 5.84. The minimum Gasteiger partial charge on any atom is -0.454 e. The highest BCUT2D eigenvalue weighted by Crippen LogP contribution is 2.32. The summed E-state index contributed by atoms with van der Waals surface area (Å²) in [4.78, 5) is 18.0. The van der Waals surface area contributed by atoms with Crippen molar-refractivity contribution in [3.8, 4) is 11.5 Å². The van der Waals surface area contributed by atoms with Gasteiger partial charge in [0.05, 0.1) is 32.6 Å². The van der Waals surface area contributed by atoms with Crippen molar-refractivity contribution >= 4 is 24.1 Å². The molecule has 158 valence electrons. The summed E-state index contributed by atoms with van der Waals surface area (Å²) in [5.41, 5.74) is 3.82. The van der Waals surface area contributed by atoms with E-state index in [0.29, 0.717) is 50.0 Å². The Balaban J connectivity index is 1.35. The monoisotopic (exact) mass is 413 g/mol. The number of ether oxygens (including phenoxy) is 4. The summed E-state index contributed by atoms with van der Waals surface area (Å²) in [5.74, 6) is 3.09. The molecule has 0 atom stereocenters. The minimum atomic E-state index is 0.244. The van der Waals surface area contributed by atoms with Crippen LogP contribution in [0.5, 0.6) is 11.5 Å². The highest BCUT2D eigenvalue weighted by Gasteiger charge is 2.20. The minimum absolute atomic E-state index is 0.244. The van der Waals surface area contributed by atoms with Gasteiger partial charge in [0, 0.05) is 26.2 Å². The molecule has 3 aliphatic heterocycles. The molecule has 0 spiro atoms. The highest BCUT2D eigenvalue weighted by molar-refractivity contribution is 5.81. The van der Waals surface area contributed by atoms with Gasteiger partial charge in [0.15, 0.2) is 11.5 Å². The summed E-state index contributed by atoms with van der Waals surface area (Å²) in [7, 11) is 0. The first-order chi connectivity index (χ1) is 14.8. The summed E-state index contributed by atoms with van der Waals surface area (Å²) in [5, 5.41) is 4.30. The number of nitrogens with one attached hydrogen (secondary N) is 1. The van der Waals surface area contributed by atoms with Crippen molar-refractivity contribution in [1.29, 1.82) is 0 Å². The lowest BCUT2D eigenvalue weighted by Gasteiger charge is -2.30. The number of anilines is 3. The van der Waals surface area contributed by atoms with Gasteiger partial charge in [-0.05, 0) is 23.8 Å². The van der Waals surface area contributed by atoms with Gasteiger partial charge in [-0.3, -0.25) is 0 Å². The molecule has 0 saturated carbocycles. The van der Waals surface area contributed by atoms with Crippen LogP contribution in [0, 0.1) is 0 Å². The molecule has 1 N–H and O–H groups in total. The summed E-state index contributed by atoms with van der Waals surface area (Å²) in [6.07, 6.45) is 1.69. The van der Waals surface area contributed by atoms with Crippen molar-refractivity contribution in [3.05, 3.63) is 23.8 Å². The second kappa shape index (κ2) is 8.67. The zero-order chi connectivity index (χ0) is 20.2. The van der Waals surface area contributed by atoms with Crippen LogP contribution in [0.1, 0.15) is 5.56 Å². The molecular weight excluding hydrogens is 390 g/mol. The van der Waals surface area contributed by atoms with Gasteiger partial charge < -0.3 is 28.7 Å². The zero-order valence-electron chi connectivity index (χ0n) is 16.5. The van der Waals surface area contributed by atoms with Crippen molar-refractivity contribution < 1.29 is 18.9 Å². The van der Waals surface area contributed by atoms with E-state index in [1.807, 2.05) is 18.2 Å². The van der Waals surface area contributed by atoms with Gasteiger partial charge in [-0.15, -0.1) is 0 Å². The zero-order valence-corrected chi connectivity index (χ0v) is 16.5. The predicted molar refractivity (Wildman–Crippen MR) is 110 cm³/mol. The Morgan fingerprint density at radius 2 is 1.47 bits per heavy atom. The Kier molecular flexibility index (Phi) is 5.44. The smallest absolute Gasteiger partial charge is 0.250 e. The van der Waals surface area contributed by atoms with E-state index in [1.165, 1.54) is 0 Å². The first-order valence-corrected chi connectivity index (χ1v) is 9.95. The molecule has 0 bridgehead atoms. The van der Waals surface area contributed by atoms with Gasteiger partial charge in [0.2, 0.25) is 24.6 Å². The fraction of sp³-hybridized carbons (Fsp3) is 0.474. The molecular formula is C19H23N7O4. The number of hydrazone groups is 1. The van der Waals surface area contributed by atoms with Crippen LogP contribution in [0.2, 0.25) is 0 Å². The number of fused-ring (bicyclic) bond motifs is 1.